The Kier molecular flexibility index (Phi) is 23.9. The van der Waals surface area contributed by atoms with Crippen molar-refractivity contribution >= 4 is 24.2 Å². The van der Waals surface area contributed by atoms with Crippen LogP contribution < -0.4 is 16.8 Å². The second-order valence-corrected chi connectivity index (χ2v) is 3.18. The van der Waals surface area contributed by atoms with E-state index in [4.69, 9.17) is 20.4 Å². The second kappa shape index (κ2) is 20.9. The summed E-state index contributed by atoms with van der Waals surface area (Å²) in [6.45, 7) is 0. The topological polar surface area (TPSA) is 180 Å². The summed E-state index contributed by atoms with van der Waals surface area (Å²) < 4.78 is 0. The molecule has 0 radical (unpaired) electrons. The molecule has 4 amide bonds. The van der Waals surface area contributed by atoms with Crippen LogP contribution in [-0.2, 0) is 9.59 Å². The minimum atomic E-state index is -0.938. The molecular formula is C10H19N5O4. The maximum atomic E-state index is 9.62. The number of urea groups is 2. The molecule has 108 valence electrons. The monoisotopic (exact) mass is 273 g/mol. The fourth-order valence-corrected chi connectivity index (χ4v) is 1.18. The Morgan fingerprint density at radius 1 is 0.789 bits per heavy atom. The molecule has 0 aromatic carbocycles. The van der Waals surface area contributed by atoms with Crippen LogP contribution in [0.5, 0.6) is 0 Å². The molecule has 1 rings (SSSR count). The fourth-order valence-electron chi connectivity index (χ4n) is 1.18. The zero-order valence-electron chi connectivity index (χ0n) is 10.5. The van der Waals surface area contributed by atoms with E-state index in [9.17, 15) is 9.59 Å². The van der Waals surface area contributed by atoms with Crippen molar-refractivity contribution < 1.29 is 19.2 Å². The highest BCUT2D eigenvalue weighted by molar-refractivity contribution is 5.91. The van der Waals surface area contributed by atoms with Crippen LogP contribution in [0.3, 0.4) is 0 Å². The summed E-state index contributed by atoms with van der Waals surface area (Å²) in [5, 5.41) is 12.4. The van der Waals surface area contributed by atoms with Crippen molar-refractivity contribution in [3.8, 4) is 0 Å². The van der Waals surface area contributed by atoms with Crippen LogP contribution in [-0.4, -0.2) is 24.2 Å². The van der Waals surface area contributed by atoms with E-state index in [1.165, 1.54) is 38.5 Å². The number of carbonyl (C=O) groups is 2. The summed E-state index contributed by atoms with van der Waals surface area (Å²) >= 11 is 0. The van der Waals surface area contributed by atoms with Gasteiger partial charge in [0.05, 0.1) is 0 Å². The number of amides is 4. The normalized spacial score (nSPS) is 11.2. The molecule has 0 atom stereocenters. The second-order valence-electron chi connectivity index (χ2n) is 3.18. The average molecular weight is 273 g/mol. The van der Waals surface area contributed by atoms with Crippen molar-refractivity contribution in [2.75, 3.05) is 0 Å². The standard InChI is InChI=1S/C6H12.C2H5N3O2.2CHNO/c1-2-4-6-5-3-1;3-1(6)5-2(4)7;2*2-1-3/h1-6H2;(H5,3,4,5,6,7);2*2H. The van der Waals surface area contributed by atoms with Gasteiger partial charge in [-0.05, 0) is 0 Å². The predicted molar refractivity (Wildman–Crippen MR) is 66.8 cm³/mol. The third-order valence-electron chi connectivity index (χ3n) is 1.75. The Morgan fingerprint density at radius 2 is 0.947 bits per heavy atom. The van der Waals surface area contributed by atoms with Gasteiger partial charge >= 0.3 is 12.1 Å². The zero-order chi connectivity index (χ0) is 15.5. The molecule has 0 bridgehead atoms. The molecule has 1 aliphatic carbocycles. The van der Waals surface area contributed by atoms with Gasteiger partial charge in [-0.2, -0.15) is 0 Å². The van der Waals surface area contributed by atoms with Crippen LogP contribution in [0, 0.1) is 10.8 Å². The van der Waals surface area contributed by atoms with Crippen LogP contribution in [0.1, 0.15) is 38.5 Å². The van der Waals surface area contributed by atoms with E-state index in [0.29, 0.717) is 0 Å². The molecule has 1 fully saturated rings. The van der Waals surface area contributed by atoms with Crippen molar-refractivity contribution in [3.05, 3.63) is 0 Å². The third-order valence-corrected chi connectivity index (χ3v) is 1.75. The van der Waals surface area contributed by atoms with E-state index < -0.39 is 12.1 Å². The largest absolute Gasteiger partial charge is 0.351 e. The molecule has 1 saturated carbocycles. The molecule has 0 saturated heterocycles. The molecule has 9 nitrogen and oxygen atoms in total. The number of primary amides is 2. The van der Waals surface area contributed by atoms with E-state index in [2.05, 4.69) is 11.5 Å². The summed E-state index contributed by atoms with van der Waals surface area (Å²) in [5.41, 5.74) is 8.88. The number of isocyanates is 2. The van der Waals surface area contributed by atoms with Gasteiger partial charge in [-0.1, -0.05) is 38.5 Å². The molecule has 0 aromatic heterocycles. The van der Waals surface area contributed by atoms with Crippen LogP contribution in [0.15, 0.2) is 0 Å². The average Bonchev–Trinajstić information content (AvgIpc) is 2.32. The lowest BCUT2D eigenvalue weighted by atomic mass is 10.0. The third kappa shape index (κ3) is 50.2. The maximum absolute atomic E-state index is 9.62. The Hall–Kier alpha value is -2.50. The van der Waals surface area contributed by atoms with Crippen LogP contribution >= 0.6 is 0 Å². The number of hydrogen-bond donors (Lipinski definition) is 5. The highest BCUT2D eigenvalue weighted by Crippen LogP contribution is 2.15. The predicted octanol–water partition coefficient (Wildman–Crippen LogP) is 0.876. The Balaban J connectivity index is -0.000000194. The van der Waals surface area contributed by atoms with E-state index in [-0.39, 0.29) is 0 Å². The van der Waals surface area contributed by atoms with Gasteiger partial charge in [-0.15, -0.1) is 0 Å². The van der Waals surface area contributed by atoms with Gasteiger partial charge < -0.3 is 11.5 Å². The lowest BCUT2D eigenvalue weighted by molar-refractivity contribution is 0.236. The molecule has 1 aliphatic rings. The molecule has 19 heavy (non-hydrogen) atoms. The fraction of sp³-hybridized carbons (Fsp3) is 0.600. The van der Waals surface area contributed by atoms with Gasteiger partial charge in [-0.3, -0.25) is 5.32 Å². The van der Waals surface area contributed by atoms with E-state index in [0.717, 1.165) is 12.2 Å². The number of rotatable bonds is 0. The molecule has 0 aliphatic heterocycles. The first kappa shape index (κ1) is 21.8. The number of nitrogens with two attached hydrogens (primary N) is 2. The molecule has 0 aromatic rings. The summed E-state index contributed by atoms with van der Waals surface area (Å²) in [4.78, 5) is 35.9. The minimum absolute atomic E-state index is 0.750. The van der Waals surface area contributed by atoms with Crippen LogP contribution in [0.4, 0.5) is 9.59 Å². The van der Waals surface area contributed by atoms with E-state index in [1.807, 2.05) is 0 Å². The zero-order valence-corrected chi connectivity index (χ0v) is 10.5. The Morgan fingerprint density at radius 3 is 1.00 bits per heavy atom. The maximum Gasteiger partial charge on any atom is 0.320 e. The number of nitrogens with one attached hydrogen (secondary N) is 3. The van der Waals surface area contributed by atoms with Crippen molar-refractivity contribution in [1.82, 2.24) is 5.32 Å². The van der Waals surface area contributed by atoms with Crippen molar-refractivity contribution in [1.29, 1.82) is 10.8 Å². The highest BCUT2D eigenvalue weighted by atomic mass is 16.2. The van der Waals surface area contributed by atoms with Crippen molar-refractivity contribution in [2.24, 2.45) is 11.5 Å². The highest BCUT2D eigenvalue weighted by Gasteiger charge is 1.95. The summed E-state index contributed by atoms with van der Waals surface area (Å²) in [6, 6.07) is -1.88. The Labute approximate surface area is 110 Å². The Bertz CT molecular complexity index is 268. The molecule has 0 heterocycles. The first-order valence-corrected chi connectivity index (χ1v) is 5.39. The molecule has 7 N–H and O–H groups in total. The van der Waals surface area contributed by atoms with E-state index in [1.54, 1.807) is 5.32 Å². The number of imide groups is 1. The lowest BCUT2D eigenvalue weighted by Gasteiger charge is -2.05. The molecule has 0 unspecified atom stereocenters. The first-order valence-electron chi connectivity index (χ1n) is 5.39. The number of carbonyl (C=O) groups excluding carboxylic acids is 4. The van der Waals surface area contributed by atoms with Crippen LogP contribution in [0.25, 0.3) is 0 Å². The summed E-state index contributed by atoms with van der Waals surface area (Å²) in [5.74, 6) is 0. The SMILES string of the molecule is C1CCCCC1.N=C=O.N=C=O.NC(=O)NC(N)=O. The van der Waals surface area contributed by atoms with Gasteiger partial charge in [0.2, 0.25) is 12.2 Å². The minimum Gasteiger partial charge on any atom is -0.351 e. The van der Waals surface area contributed by atoms with Gasteiger partial charge in [0, 0.05) is 0 Å². The first-order chi connectivity index (χ1) is 8.95. The van der Waals surface area contributed by atoms with Gasteiger partial charge in [0.15, 0.2) is 0 Å². The van der Waals surface area contributed by atoms with Crippen LogP contribution in [0.2, 0.25) is 0 Å². The van der Waals surface area contributed by atoms with Gasteiger partial charge in [-0.25, -0.2) is 30.0 Å². The summed E-state index contributed by atoms with van der Waals surface area (Å²) in [6.07, 6.45) is 10.5. The molecular weight excluding hydrogens is 254 g/mol. The van der Waals surface area contributed by atoms with Crippen molar-refractivity contribution in [3.63, 3.8) is 0 Å². The van der Waals surface area contributed by atoms with Crippen molar-refractivity contribution in [2.45, 2.75) is 38.5 Å². The smallest absolute Gasteiger partial charge is 0.320 e. The molecule has 9 heteroatoms. The van der Waals surface area contributed by atoms with Gasteiger partial charge in [0.1, 0.15) is 0 Å². The quantitative estimate of drug-likeness (QED) is 0.324. The number of hydrogen-bond acceptors (Lipinski definition) is 6. The lowest BCUT2D eigenvalue weighted by Crippen LogP contribution is -2.38. The molecule has 0 spiro atoms. The van der Waals surface area contributed by atoms with E-state index >= 15 is 0 Å². The summed E-state index contributed by atoms with van der Waals surface area (Å²) in [7, 11) is 0. The van der Waals surface area contributed by atoms with Gasteiger partial charge in [0.25, 0.3) is 0 Å².